The summed E-state index contributed by atoms with van der Waals surface area (Å²) in [7, 11) is 0. The van der Waals surface area contributed by atoms with Crippen LogP contribution in [0.1, 0.15) is 10.5 Å². The van der Waals surface area contributed by atoms with Crippen LogP contribution in [-0.2, 0) is 0 Å². The van der Waals surface area contributed by atoms with Crippen molar-refractivity contribution in [3.8, 4) is 0 Å². The van der Waals surface area contributed by atoms with Crippen molar-refractivity contribution in [1.82, 2.24) is 9.38 Å². The molecule has 0 saturated carbocycles. The highest BCUT2D eigenvalue weighted by Crippen LogP contribution is 2.09. The van der Waals surface area contributed by atoms with Gasteiger partial charge in [-0.15, -0.1) is 0 Å². The summed E-state index contributed by atoms with van der Waals surface area (Å²) in [5, 5.41) is 0. The van der Waals surface area contributed by atoms with Gasteiger partial charge in [0.05, 0.1) is 6.20 Å². The Balaban J connectivity index is 2.83. The number of pyridine rings is 1. The van der Waals surface area contributed by atoms with E-state index in [1.165, 1.54) is 0 Å². The molecule has 0 N–H and O–H groups in total. The number of aldehydes is 1. The Bertz CT molecular complexity index is 436. The second-order valence-corrected chi connectivity index (χ2v) is 3.62. The normalized spacial score (nSPS) is 10.4. The third-order valence-electron chi connectivity index (χ3n) is 1.62. The minimum absolute atomic E-state index is 0.587. The maximum atomic E-state index is 10.5. The average Bonchev–Trinajstić information content (AvgIpc) is 2.46. The molecule has 12 heavy (non-hydrogen) atoms. The van der Waals surface area contributed by atoms with Crippen LogP contribution in [0.15, 0.2) is 24.5 Å². The lowest BCUT2D eigenvalue weighted by atomic mass is 10.4. The minimum Gasteiger partial charge on any atom is -0.296 e. The van der Waals surface area contributed by atoms with Crippen LogP contribution in [0, 0.1) is 3.57 Å². The molecule has 0 aliphatic heterocycles. The maximum Gasteiger partial charge on any atom is 0.168 e. The van der Waals surface area contributed by atoms with Crippen LogP contribution in [0.2, 0.25) is 0 Å². The van der Waals surface area contributed by atoms with Gasteiger partial charge in [0.15, 0.2) is 6.29 Å². The van der Waals surface area contributed by atoms with Crippen molar-refractivity contribution in [3.05, 3.63) is 33.8 Å². The van der Waals surface area contributed by atoms with Gasteiger partial charge >= 0.3 is 0 Å². The number of carbonyl (C=O) groups is 1. The average molecular weight is 272 g/mol. The largest absolute Gasteiger partial charge is 0.296 e. The van der Waals surface area contributed by atoms with E-state index in [2.05, 4.69) is 27.6 Å². The Morgan fingerprint density at radius 1 is 1.50 bits per heavy atom. The van der Waals surface area contributed by atoms with Crippen molar-refractivity contribution in [1.29, 1.82) is 0 Å². The van der Waals surface area contributed by atoms with Gasteiger partial charge in [0, 0.05) is 9.77 Å². The molecule has 0 bridgehead atoms. The summed E-state index contributed by atoms with van der Waals surface area (Å²) < 4.78 is 2.86. The number of hydrogen-bond donors (Lipinski definition) is 0. The van der Waals surface area contributed by atoms with E-state index in [-0.39, 0.29) is 0 Å². The van der Waals surface area contributed by atoms with E-state index in [4.69, 9.17) is 0 Å². The Hall–Kier alpha value is -0.910. The first kappa shape index (κ1) is 7.72. The summed E-state index contributed by atoms with van der Waals surface area (Å²) in [6.45, 7) is 0. The van der Waals surface area contributed by atoms with E-state index in [1.807, 2.05) is 18.3 Å². The molecule has 0 amide bonds. The first-order valence-electron chi connectivity index (χ1n) is 3.39. The van der Waals surface area contributed by atoms with Gasteiger partial charge in [-0.3, -0.25) is 9.20 Å². The fourth-order valence-corrected chi connectivity index (χ4v) is 1.52. The number of rotatable bonds is 1. The van der Waals surface area contributed by atoms with Gasteiger partial charge in [0.1, 0.15) is 11.3 Å². The van der Waals surface area contributed by atoms with Crippen LogP contribution in [0.25, 0.3) is 5.65 Å². The van der Waals surface area contributed by atoms with Gasteiger partial charge in [-0.1, -0.05) is 0 Å². The molecule has 2 aromatic heterocycles. The topological polar surface area (TPSA) is 34.4 Å². The summed E-state index contributed by atoms with van der Waals surface area (Å²) >= 11 is 2.19. The predicted molar refractivity (Wildman–Crippen MR) is 53.3 cm³/mol. The molecule has 2 rings (SSSR count). The number of hydrogen-bond acceptors (Lipinski definition) is 2. The van der Waals surface area contributed by atoms with E-state index in [0.717, 1.165) is 15.5 Å². The van der Waals surface area contributed by atoms with E-state index in [1.54, 1.807) is 10.6 Å². The number of aromatic nitrogens is 2. The lowest BCUT2D eigenvalue weighted by molar-refractivity contribution is 0.111. The molecule has 0 radical (unpaired) electrons. The molecule has 0 aliphatic rings. The lowest BCUT2D eigenvalue weighted by Crippen LogP contribution is -1.90. The Labute approximate surface area is 82.6 Å². The first-order chi connectivity index (χ1) is 5.81. The van der Waals surface area contributed by atoms with Crippen molar-refractivity contribution < 1.29 is 4.79 Å². The highest BCUT2D eigenvalue weighted by molar-refractivity contribution is 14.1. The van der Waals surface area contributed by atoms with Gasteiger partial charge in [-0.25, -0.2) is 4.98 Å². The summed E-state index contributed by atoms with van der Waals surface area (Å²) in [5.74, 6) is 0. The highest BCUT2D eigenvalue weighted by atomic mass is 127. The van der Waals surface area contributed by atoms with Crippen LogP contribution in [-0.4, -0.2) is 15.7 Å². The van der Waals surface area contributed by atoms with Crippen molar-refractivity contribution in [2.75, 3.05) is 0 Å². The monoisotopic (exact) mass is 272 g/mol. The predicted octanol–water partition coefficient (Wildman–Crippen LogP) is 1.75. The van der Waals surface area contributed by atoms with Crippen LogP contribution in [0.3, 0.4) is 0 Å². The van der Waals surface area contributed by atoms with Gasteiger partial charge < -0.3 is 0 Å². The van der Waals surface area contributed by atoms with Crippen LogP contribution in [0.5, 0.6) is 0 Å². The Morgan fingerprint density at radius 2 is 2.33 bits per heavy atom. The molecule has 0 saturated heterocycles. The van der Waals surface area contributed by atoms with Crippen LogP contribution < -0.4 is 0 Å². The highest BCUT2D eigenvalue weighted by Gasteiger charge is 2.00. The molecule has 60 valence electrons. The van der Waals surface area contributed by atoms with Gasteiger partial charge in [-0.05, 0) is 34.7 Å². The summed E-state index contributed by atoms with van der Waals surface area (Å²) in [6, 6.07) is 3.84. The molecule has 0 fully saturated rings. The van der Waals surface area contributed by atoms with Crippen molar-refractivity contribution in [2.45, 2.75) is 0 Å². The smallest absolute Gasteiger partial charge is 0.168 e. The van der Waals surface area contributed by atoms with Crippen LogP contribution >= 0.6 is 22.6 Å². The number of imidazole rings is 1. The number of nitrogens with zero attached hydrogens (tertiary/aromatic N) is 2. The molecule has 2 heterocycles. The number of halogens is 1. The van der Waals surface area contributed by atoms with Gasteiger partial charge in [-0.2, -0.15) is 0 Å². The molecule has 0 atom stereocenters. The maximum absolute atomic E-state index is 10.5. The zero-order chi connectivity index (χ0) is 8.55. The van der Waals surface area contributed by atoms with Crippen LogP contribution in [0.4, 0.5) is 0 Å². The van der Waals surface area contributed by atoms with Crippen molar-refractivity contribution in [3.63, 3.8) is 0 Å². The van der Waals surface area contributed by atoms with E-state index >= 15 is 0 Å². The molecule has 2 aromatic rings. The van der Waals surface area contributed by atoms with E-state index < -0.39 is 0 Å². The van der Waals surface area contributed by atoms with Gasteiger partial charge in [0.2, 0.25) is 0 Å². The van der Waals surface area contributed by atoms with Gasteiger partial charge in [0.25, 0.3) is 0 Å². The quantitative estimate of drug-likeness (QED) is 0.585. The number of carbonyl (C=O) groups excluding carboxylic acids is 1. The zero-order valence-corrected chi connectivity index (χ0v) is 8.22. The summed E-state index contributed by atoms with van der Waals surface area (Å²) in [5.41, 5.74) is 1.39. The standard InChI is InChI=1S/C8H5IN2O/c9-6-1-2-8-10-3-7(5-12)11(8)4-6/h1-5H. The fourth-order valence-electron chi connectivity index (χ4n) is 1.06. The van der Waals surface area contributed by atoms with E-state index in [0.29, 0.717) is 5.69 Å². The second kappa shape index (κ2) is 2.85. The minimum atomic E-state index is 0.587. The molecular formula is C8H5IN2O. The molecule has 0 aliphatic carbocycles. The van der Waals surface area contributed by atoms with Crippen molar-refractivity contribution in [2.24, 2.45) is 0 Å². The van der Waals surface area contributed by atoms with Crippen molar-refractivity contribution >= 4 is 34.5 Å². The molecule has 3 nitrogen and oxygen atoms in total. The third-order valence-corrected chi connectivity index (χ3v) is 2.26. The molecule has 4 heteroatoms. The third kappa shape index (κ3) is 1.12. The Morgan fingerprint density at radius 3 is 3.08 bits per heavy atom. The Kier molecular flexibility index (Phi) is 1.84. The molecular weight excluding hydrogens is 267 g/mol. The first-order valence-corrected chi connectivity index (χ1v) is 4.47. The zero-order valence-electron chi connectivity index (χ0n) is 6.07. The number of fused-ring (bicyclic) bond motifs is 1. The SMILES string of the molecule is O=Cc1cnc2ccc(I)cn12. The fraction of sp³-hybridized carbons (Fsp3) is 0. The summed E-state index contributed by atoms with van der Waals surface area (Å²) in [4.78, 5) is 14.6. The molecule has 0 aromatic carbocycles. The summed E-state index contributed by atoms with van der Waals surface area (Å²) in [6.07, 6.45) is 4.25. The second-order valence-electron chi connectivity index (χ2n) is 2.38. The molecule has 0 unspecified atom stereocenters. The lowest BCUT2D eigenvalue weighted by Gasteiger charge is -1.94. The molecule has 0 spiro atoms. The van der Waals surface area contributed by atoms with E-state index in [9.17, 15) is 4.79 Å².